The number of allylic oxidation sites excluding steroid dienone is 1. The van der Waals surface area contributed by atoms with Crippen LogP contribution in [-0.4, -0.2) is 30.4 Å². The Labute approximate surface area is 117 Å². The summed E-state index contributed by atoms with van der Waals surface area (Å²) in [5, 5.41) is 0. The zero-order valence-corrected chi connectivity index (χ0v) is 12.4. The number of piperidine rings is 1. The summed E-state index contributed by atoms with van der Waals surface area (Å²) in [4.78, 5) is 13.5. The lowest BCUT2D eigenvalue weighted by Crippen LogP contribution is -2.40. The second-order valence-electron chi connectivity index (χ2n) is 6.52. The van der Waals surface area contributed by atoms with Crippen LogP contribution in [-0.2, 0) is 4.79 Å². The van der Waals surface area contributed by atoms with Crippen LogP contribution in [0.4, 0.5) is 0 Å². The van der Waals surface area contributed by atoms with E-state index in [0.717, 1.165) is 37.8 Å². The molecule has 0 saturated carbocycles. The highest BCUT2D eigenvalue weighted by atomic mass is 16.1. The summed E-state index contributed by atoms with van der Waals surface area (Å²) < 4.78 is 0. The topological polar surface area (TPSA) is 46.3 Å². The predicted octanol–water partition coefficient (Wildman–Crippen LogP) is 2.57. The Hall–Kier alpha value is -0.830. The standard InChI is InChI=1S/C16H28N2O/c1-12-4-3-5-13(2)15(12)11-18-8-6-14(7-9-18)10-16(17)19/h4,13-15H,3,5-11H2,1-2H3,(H2,17,19)/t13-,15-/m0/s1. The van der Waals surface area contributed by atoms with Gasteiger partial charge in [-0.15, -0.1) is 0 Å². The molecule has 2 atom stereocenters. The van der Waals surface area contributed by atoms with Gasteiger partial charge in [-0.3, -0.25) is 4.79 Å². The highest BCUT2D eigenvalue weighted by molar-refractivity contribution is 5.73. The normalized spacial score (nSPS) is 30.1. The van der Waals surface area contributed by atoms with Gasteiger partial charge >= 0.3 is 0 Å². The number of hydrogen-bond donors (Lipinski definition) is 1. The number of nitrogens with two attached hydrogens (primary N) is 1. The van der Waals surface area contributed by atoms with E-state index in [4.69, 9.17) is 5.73 Å². The molecule has 1 aliphatic carbocycles. The van der Waals surface area contributed by atoms with Crippen molar-refractivity contribution in [3.8, 4) is 0 Å². The summed E-state index contributed by atoms with van der Waals surface area (Å²) in [7, 11) is 0. The summed E-state index contributed by atoms with van der Waals surface area (Å²) in [5.74, 6) is 1.93. The quantitative estimate of drug-likeness (QED) is 0.793. The molecule has 19 heavy (non-hydrogen) atoms. The third kappa shape index (κ3) is 4.07. The van der Waals surface area contributed by atoms with Crippen LogP contribution in [0.15, 0.2) is 11.6 Å². The maximum Gasteiger partial charge on any atom is 0.217 e. The molecule has 2 rings (SSSR count). The van der Waals surface area contributed by atoms with E-state index in [9.17, 15) is 4.79 Å². The molecule has 0 aromatic heterocycles. The van der Waals surface area contributed by atoms with Gasteiger partial charge in [0.05, 0.1) is 0 Å². The minimum atomic E-state index is -0.141. The minimum Gasteiger partial charge on any atom is -0.370 e. The molecule has 0 spiro atoms. The Bertz CT molecular complexity index is 343. The van der Waals surface area contributed by atoms with Crippen molar-refractivity contribution in [2.45, 2.75) is 46.0 Å². The molecule has 3 nitrogen and oxygen atoms in total. The van der Waals surface area contributed by atoms with Crippen LogP contribution < -0.4 is 5.73 Å². The van der Waals surface area contributed by atoms with E-state index in [1.54, 1.807) is 5.57 Å². The second-order valence-corrected chi connectivity index (χ2v) is 6.52. The van der Waals surface area contributed by atoms with Gasteiger partial charge in [-0.2, -0.15) is 0 Å². The molecule has 108 valence electrons. The Morgan fingerprint density at radius 2 is 2.05 bits per heavy atom. The van der Waals surface area contributed by atoms with E-state index < -0.39 is 0 Å². The first-order valence-electron chi connectivity index (χ1n) is 7.73. The number of amides is 1. The monoisotopic (exact) mass is 264 g/mol. The first kappa shape index (κ1) is 14.6. The third-order valence-electron chi connectivity index (χ3n) is 5.01. The molecule has 0 bridgehead atoms. The molecule has 2 N–H and O–H groups in total. The zero-order valence-electron chi connectivity index (χ0n) is 12.4. The molecule has 0 unspecified atom stereocenters. The Balaban J connectivity index is 1.80. The van der Waals surface area contributed by atoms with Crippen molar-refractivity contribution in [3.05, 3.63) is 11.6 Å². The van der Waals surface area contributed by atoms with Crippen LogP contribution in [0.1, 0.15) is 46.0 Å². The fourth-order valence-electron chi connectivity index (χ4n) is 3.64. The molecule has 1 heterocycles. The maximum atomic E-state index is 11.0. The summed E-state index contributed by atoms with van der Waals surface area (Å²) >= 11 is 0. The molecular weight excluding hydrogens is 236 g/mol. The van der Waals surface area contributed by atoms with Gasteiger partial charge in [0, 0.05) is 13.0 Å². The molecule has 0 radical (unpaired) electrons. The number of carbonyl (C=O) groups excluding carboxylic acids is 1. The number of hydrogen-bond acceptors (Lipinski definition) is 2. The summed E-state index contributed by atoms with van der Waals surface area (Å²) in [6.07, 6.45) is 7.85. The van der Waals surface area contributed by atoms with Gasteiger partial charge in [-0.1, -0.05) is 18.6 Å². The van der Waals surface area contributed by atoms with Gasteiger partial charge in [0.25, 0.3) is 0 Å². The van der Waals surface area contributed by atoms with Crippen molar-refractivity contribution in [1.29, 1.82) is 0 Å². The minimum absolute atomic E-state index is 0.141. The van der Waals surface area contributed by atoms with Crippen molar-refractivity contribution < 1.29 is 4.79 Å². The van der Waals surface area contributed by atoms with Gasteiger partial charge in [0.2, 0.25) is 5.91 Å². The Morgan fingerprint density at radius 1 is 1.37 bits per heavy atom. The maximum absolute atomic E-state index is 11.0. The molecule has 2 aliphatic rings. The second kappa shape index (κ2) is 6.56. The van der Waals surface area contributed by atoms with Crippen molar-refractivity contribution >= 4 is 5.91 Å². The van der Waals surface area contributed by atoms with Crippen LogP contribution in [0.3, 0.4) is 0 Å². The molecular formula is C16H28N2O. The van der Waals surface area contributed by atoms with E-state index in [1.807, 2.05) is 0 Å². The van der Waals surface area contributed by atoms with E-state index in [1.165, 1.54) is 19.4 Å². The van der Waals surface area contributed by atoms with Crippen molar-refractivity contribution in [2.75, 3.05) is 19.6 Å². The average molecular weight is 264 g/mol. The lowest BCUT2D eigenvalue weighted by Gasteiger charge is -2.37. The van der Waals surface area contributed by atoms with Crippen LogP contribution in [0.2, 0.25) is 0 Å². The molecule has 1 aliphatic heterocycles. The molecule has 0 aromatic rings. The van der Waals surface area contributed by atoms with E-state index in [-0.39, 0.29) is 5.91 Å². The molecule has 3 heteroatoms. The molecule has 1 amide bonds. The SMILES string of the molecule is CC1=CCC[C@H](C)[C@H]1CN1CCC(CC(N)=O)CC1. The number of rotatable bonds is 4. The number of nitrogens with zero attached hydrogens (tertiary/aromatic N) is 1. The van der Waals surface area contributed by atoms with E-state index in [0.29, 0.717) is 12.3 Å². The average Bonchev–Trinajstić information content (AvgIpc) is 2.35. The van der Waals surface area contributed by atoms with Gasteiger partial charge in [0.15, 0.2) is 0 Å². The van der Waals surface area contributed by atoms with Crippen LogP contribution in [0.25, 0.3) is 0 Å². The van der Waals surface area contributed by atoms with Crippen LogP contribution in [0, 0.1) is 17.8 Å². The lowest BCUT2D eigenvalue weighted by molar-refractivity contribution is -0.119. The largest absolute Gasteiger partial charge is 0.370 e. The fraction of sp³-hybridized carbons (Fsp3) is 0.812. The van der Waals surface area contributed by atoms with Gasteiger partial charge < -0.3 is 10.6 Å². The first-order chi connectivity index (χ1) is 9.06. The number of likely N-dealkylation sites (tertiary alicyclic amines) is 1. The van der Waals surface area contributed by atoms with Gasteiger partial charge in [-0.05, 0) is 63.5 Å². The number of carbonyl (C=O) groups is 1. The summed E-state index contributed by atoms with van der Waals surface area (Å²) in [6.45, 7) is 8.15. The van der Waals surface area contributed by atoms with Crippen LogP contribution >= 0.6 is 0 Å². The highest BCUT2D eigenvalue weighted by Gasteiger charge is 2.27. The van der Waals surface area contributed by atoms with Crippen LogP contribution in [0.5, 0.6) is 0 Å². The predicted molar refractivity (Wildman–Crippen MR) is 78.6 cm³/mol. The summed E-state index contributed by atoms with van der Waals surface area (Å²) in [6, 6.07) is 0. The van der Waals surface area contributed by atoms with Crippen molar-refractivity contribution in [1.82, 2.24) is 4.90 Å². The summed E-state index contributed by atoms with van der Waals surface area (Å²) in [5.41, 5.74) is 6.87. The highest BCUT2D eigenvalue weighted by Crippen LogP contribution is 2.32. The van der Waals surface area contributed by atoms with Crippen molar-refractivity contribution in [2.24, 2.45) is 23.5 Å². The smallest absolute Gasteiger partial charge is 0.217 e. The molecule has 1 saturated heterocycles. The zero-order chi connectivity index (χ0) is 13.8. The Morgan fingerprint density at radius 3 is 2.63 bits per heavy atom. The Kier molecular flexibility index (Phi) is 5.03. The van der Waals surface area contributed by atoms with E-state index >= 15 is 0 Å². The first-order valence-corrected chi connectivity index (χ1v) is 7.73. The van der Waals surface area contributed by atoms with E-state index in [2.05, 4.69) is 24.8 Å². The van der Waals surface area contributed by atoms with Gasteiger partial charge in [0.1, 0.15) is 0 Å². The number of primary amides is 1. The van der Waals surface area contributed by atoms with Crippen molar-refractivity contribution in [3.63, 3.8) is 0 Å². The molecule has 0 aromatic carbocycles. The molecule has 1 fully saturated rings. The van der Waals surface area contributed by atoms with Gasteiger partial charge in [-0.25, -0.2) is 0 Å². The third-order valence-corrected chi connectivity index (χ3v) is 5.01. The fourth-order valence-corrected chi connectivity index (χ4v) is 3.64. The lowest BCUT2D eigenvalue weighted by atomic mass is 9.79.